The molecule has 13 heavy (non-hydrogen) atoms. The molecule has 1 fully saturated rings. The summed E-state index contributed by atoms with van der Waals surface area (Å²) in [7, 11) is 0. The molecule has 2 unspecified atom stereocenters. The summed E-state index contributed by atoms with van der Waals surface area (Å²) >= 11 is 0. The van der Waals surface area contributed by atoms with Gasteiger partial charge < -0.3 is 4.42 Å². The van der Waals surface area contributed by atoms with Crippen LogP contribution < -0.4 is 0 Å². The maximum atomic E-state index is 12.6. The molecule has 1 aromatic rings. The maximum Gasteiger partial charge on any atom is 0.222 e. The fraction of sp³-hybridized carbons (Fsp3) is 0.778. The number of nitrogens with zero attached hydrogens (tertiary/aromatic N) is 2. The van der Waals surface area contributed by atoms with Crippen LogP contribution in [0.1, 0.15) is 44.9 Å². The molecule has 1 aliphatic carbocycles. The minimum atomic E-state index is -0.770. The van der Waals surface area contributed by atoms with Crippen LogP contribution in [0.3, 0.4) is 0 Å². The van der Waals surface area contributed by atoms with Crippen LogP contribution in [0.25, 0.3) is 0 Å². The molecule has 0 spiro atoms. The molecule has 0 bridgehead atoms. The molecule has 0 aromatic carbocycles. The summed E-state index contributed by atoms with van der Waals surface area (Å²) in [6.45, 7) is 5.97. The zero-order valence-corrected chi connectivity index (χ0v) is 8.04. The molecular formula is C9H13FN2O. The van der Waals surface area contributed by atoms with Crippen LogP contribution >= 0.6 is 0 Å². The van der Waals surface area contributed by atoms with Crippen molar-refractivity contribution in [1.29, 1.82) is 0 Å². The van der Waals surface area contributed by atoms with E-state index < -0.39 is 6.17 Å². The fourth-order valence-electron chi connectivity index (χ4n) is 1.11. The van der Waals surface area contributed by atoms with Crippen LogP contribution in [-0.2, 0) is 5.41 Å². The first-order chi connectivity index (χ1) is 5.98. The number of rotatable bonds is 1. The largest absolute Gasteiger partial charge is 0.424 e. The minimum Gasteiger partial charge on any atom is -0.424 e. The van der Waals surface area contributed by atoms with E-state index in [0.717, 1.165) is 0 Å². The lowest BCUT2D eigenvalue weighted by Crippen LogP contribution is -2.11. The van der Waals surface area contributed by atoms with E-state index in [0.29, 0.717) is 18.2 Å². The van der Waals surface area contributed by atoms with Crippen LogP contribution in [0, 0.1) is 0 Å². The Morgan fingerprint density at radius 1 is 1.38 bits per heavy atom. The van der Waals surface area contributed by atoms with Crippen molar-refractivity contribution in [2.45, 2.75) is 44.7 Å². The van der Waals surface area contributed by atoms with Crippen molar-refractivity contribution in [2.75, 3.05) is 0 Å². The average Bonchev–Trinajstić information content (AvgIpc) is 2.57. The molecule has 0 radical (unpaired) electrons. The van der Waals surface area contributed by atoms with E-state index in [1.54, 1.807) is 0 Å². The van der Waals surface area contributed by atoms with Gasteiger partial charge in [0.1, 0.15) is 6.17 Å². The molecule has 1 heterocycles. The van der Waals surface area contributed by atoms with Crippen LogP contribution in [0.5, 0.6) is 0 Å². The standard InChI is InChI=1S/C9H13FN2O/c1-9(2,3)8-12-11-7(13-8)5-4-6(5)10/h5-6H,4H2,1-3H3. The lowest BCUT2D eigenvalue weighted by atomic mass is 9.97. The number of hydrogen-bond donors (Lipinski definition) is 0. The Hall–Kier alpha value is -0.930. The smallest absolute Gasteiger partial charge is 0.222 e. The quantitative estimate of drug-likeness (QED) is 0.671. The van der Waals surface area contributed by atoms with Gasteiger partial charge in [0.15, 0.2) is 0 Å². The Morgan fingerprint density at radius 3 is 2.38 bits per heavy atom. The monoisotopic (exact) mass is 184 g/mol. The predicted octanol–water partition coefficient (Wildman–Crippen LogP) is 2.19. The summed E-state index contributed by atoms with van der Waals surface area (Å²) in [5, 5.41) is 7.74. The van der Waals surface area contributed by atoms with Crippen molar-refractivity contribution in [3.8, 4) is 0 Å². The van der Waals surface area contributed by atoms with E-state index in [1.165, 1.54) is 0 Å². The van der Waals surface area contributed by atoms with Crippen molar-refractivity contribution in [1.82, 2.24) is 10.2 Å². The molecule has 0 amide bonds. The van der Waals surface area contributed by atoms with Crippen molar-refractivity contribution < 1.29 is 8.81 Å². The van der Waals surface area contributed by atoms with Crippen LogP contribution in [-0.4, -0.2) is 16.4 Å². The van der Waals surface area contributed by atoms with Crippen molar-refractivity contribution in [3.63, 3.8) is 0 Å². The molecule has 1 saturated carbocycles. The molecule has 72 valence electrons. The molecule has 2 rings (SSSR count). The first-order valence-electron chi connectivity index (χ1n) is 4.46. The molecule has 0 aliphatic heterocycles. The Labute approximate surface area is 76.3 Å². The third-order valence-electron chi connectivity index (χ3n) is 2.11. The van der Waals surface area contributed by atoms with E-state index in [4.69, 9.17) is 4.42 Å². The van der Waals surface area contributed by atoms with Gasteiger partial charge in [-0.2, -0.15) is 0 Å². The van der Waals surface area contributed by atoms with Crippen LogP contribution in [0.15, 0.2) is 4.42 Å². The SMILES string of the molecule is CC(C)(C)c1nnc(C2CC2F)o1. The first-order valence-corrected chi connectivity index (χ1v) is 4.46. The summed E-state index contributed by atoms with van der Waals surface area (Å²) in [5.41, 5.74) is -0.147. The van der Waals surface area contributed by atoms with Gasteiger partial charge in [-0.15, -0.1) is 10.2 Å². The second-order valence-electron chi connectivity index (χ2n) is 4.55. The Kier molecular flexibility index (Phi) is 1.68. The number of halogens is 1. The van der Waals surface area contributed by atoms with Crippen molar-refractivity contribution in [2.24, 2.45) is 0 Å². The number of alkyl halides is 1. The van der Waals surface area contributed by atoms with Crippen molar-refractivity contribution >= 4 is 0 Å². The second-order valence-corrected chi connectivity index (χ2v) is 4.55. The van der Waals surface area contributed by atoms with Crippen molar-refractivity contribution in [3.05, 3.63) is 11.8 Å². The van der Waals surface area contributed by atoms with Gasteiger partial charge in [0.05, 0.1) is 5.92 Å². The topological polar surface area (TPSA) is 38.9 Å². The zero-order valence-electron chi connectivity index (χ0n) is 8.04. The molecule has 1 aromatic heterocycles. The minimum absolute atomic E-state index is 0.136. The molecule has 0 N–H and O–H groups in total. The van der Waals surface area contributed by atoms with Gasteiger partial charge in [0, 0.05) is 5.41 Å². The Morgan fingerprint density at radius 2 is 2.00 bits per heavy atom. The highest BCUT2D eigenvalue weighted by molar-refractivity contribution is 5.09. The summed E-state index contributed by atoms with van der Waals surface area (Å²) < 4.78 is 18.0. The van der Waals surface area contributed by atoms with E-state index in [2.05, 4.69) is 10.2 Å². The highest BCUT2D eigenvalue weighted by atomic mass is 19.1. The highest BCUT2D eigenvalue weighted by Crippen LogP contribution is 2.43. The summed E-state index contributed by atoms with van der Waals surface area (Å²) in [6, 6.07) is 0. The molecule has 2 atom stereocenters. The Bertz CT molecular complexity index is 316. The molecule has 4 heteroatoms. The van der Waals surface area contributed by atoms with Gasteiger partial charge in [-0.3, -0.25) is 0 Å². The fourth-order valence-corrected chi connectivity index (χ4v) is 1.11. The first kappa shape index (κ1) is 8.66. The van der Waals surface area contributed by atoms with E-state index in [1.807, 2.05) is 20.8 Å². The van der Waals surface area contributed by atoms with E-state index >= 15 is 0 Å². The molecule has 1 aliphatic rings. The van der Waals surface area contributed by atoms with Gasteiger partial charge in [0.25, 0.3) is 0 Å². The van der Waals surface area contributed by atoms with Crippen LogP contribution in [0.2, 0.25) is 0 Å². The second kappa shape index (κ2) is 2.53. The van der Waals surface area contributed by atoms with Gasteiger partial charge in [-0.1, -0.05) is 20.8 Å². The van der Waals surface area contributed by atoms with Crippen LogP contribution in [0.4, 0.5) is 4.39 Å². The summed E-state index contributed by atoms with van der Waals surface area (Å²) in [6.07, 6.45) is -0.237. The number of aromatic nitrogens is 2. The lowest BCUT2D eigenvalue weighted by molar-refractivity contribution is 0.362. The molecular weight excluding hydrogens is 171 g/mol. The Balaban J connectivity index is 2.19. The van der Waals surface area contributed by atoms with E-state index in [9.17, 15) is 4.39 Å². The third-order valence-corrected chi connectivity index (χ3v) is 2.11. The van der Waals surface area contributed by atoms with Gasteiger partial charge in [0.2, 0.25) is 11.8 Å². The van der Waals surface area contributed by atoms with Gasteiger partial charge in [-0.05, 0) is 6.42 Å². The maximum absolute atomic E-state index is 12.6. The van der Waals surface area contributed by atoms with Gasteiger partial charge in [-0.25, -0.2) is 4.39 Å². The molecule has 0 saturated heterocycles. The summed E-state index contributed by atoms with van der Waals surface area (Å²) in [4.78, 5) is 0. The molecule has 3 nitrogen and oxygen atoms in total. The van der Waals surface area contributed by atoms with Gasteiger partial charge >= 0.3 is 0 Å². The lowest BCUT2D eigenvalue weighted by Gasteiger charge is -2.10. The number of hydrogen-bond acceptors (Lipinski definition) is 3. The highest BCUT2D eigenvalue weighted by Gasteiger charge is 2.43. The zero-order chi connectivity index (χ0) is 9.64. The normalized spacial score (nSPS) is 27.7. The predicted molar refractivity (Wildman–Crippen MR) is 45.3 cm³/mol. The third kappa shape index (κ3) is 1.57. The summed E-state index contributed by atoms with van der Waals surface area (Å²) in [5.74, 6) is 0.905. The average molecular weight is 184 g/mol. The van der Waals surface area contributed by atoms with E-state index in [-0.39, 0.29) is 11.3 Å².